The van der Waals surface area contributed by atoms with E-state index < -0.39 is 16.9 Å². The molecular formula is C34H31Br2N3O8S. The molecular weight excluding hydrogens is 770 g/mol. The summed E-state index contributed by atoms with van der Waals surface area (Å²) in [6.07, 6.45) is 1.62. The lowest BCUT2D eigenvalue weighted by atomic mass is 9.95. The Kier molecular flexibility index (Phi) is 10.9. The van der Waals surface area contributed by atoms with Gasteiger partial charge in [-0.25, -0.2) is 9.79 Å². The summed E-state index contributed by atoms with van der Waals surface area (Å²) in [5.74, 6) is 0.878. The normalized spacial score (nSPS) is 14.4. The number of aromatic nitrogens is 1. The van der Waals surface area contributed by atoms with E-state index in [1.807, 2.05) is 26.0 Å². The molecule has 48 heavy (non-hydrogen) atoms. The van der Waals surface area contributed by atoms with Gasteiger partial charge in [-0.05, 0) is 97.2 Å². The fourth-order valence-corrected chi connectivity index (χ4v) is 7.57. The molecule has 1 atom stereocenters. The molecule has 0 N–H and O–H groups in total. The van der Waals surface area contributed by atoms with Gasteiger partial charge in [0.2, 0.25) is 0 Å². The monoisotopic (exact) mass is 799 g/mol. The van der Waals surface area contributed by atoms with Gasteiger partial charge in [0.1, 0.15) is 12.4 Å². The molecule has 0 spiro atoms. The summed E-state index contributed by atoms with van der Waals surface area (Å²) < 4.78 is 26.4. The Labute approximate surface area is 296 Å². The maximum absolute atomic E-state index is 14.3. The van der Waals surface area contributed by atoms with Gasteiger partial charge in [0.25, 0.3) is 11.2 Å². The molecule has 0 fully saturated rings. The molecule has 3 aromatic carbocycles. The number of nitro groups is 1. The fourth-order valence-electron chi connectivity index (χ4n) is 5.16. The number of thiazole rings is 1. The smallest absolute Gasteiger partial charge is 0.338 e. The highest BCUT2D eigenvalue weighted by atomic mass is 79.9. The Bertz CT molecular complexity index is 2110. The van der Waals surface area contributed by atoms with Crippen molar-refractivity contribution >= 4 is 60.9 Å². The zero-order valence-corrected chi connectivity index (χ0v) is 30.6. The van der Waals surface area contributed by atoms with Crippen LogP contribution >= 0.6 is 43.2 Å². The van der Waals surface area contributed by atoms with E-state index in [0.29, 0.717) is 47.9 Å². The van der Waals surface area contributed by atoms with E-state index in [9.17, 15) is 19.7 Å². The predicted molar refractivity (Wildman–Crippen MR) is 188 cm³/mol. The van der Waals surface area contributed by atoms with Gasteiger partial charge in [-0.2, -0.15) is 0 Å². The Morgan fingerprint density at radius 3 is 2.50 bits per heavy atom. The number of hydrogen-bond donors (Lipinski definition) is 0. The molecule has 0 aliphatic carbocycles. The van der Waals surface area contributed by atoms with Crippen molar-refractivity contribution < 1.29 is 28.7 Å². The number of methoxy groups -OCH3 is 1. The summed E-state index contributed by atoms with van der Waals surface area (Å²) in [5.41, 5.74) is 2.23. The number of fused-ring (bicyclic) bond motifs is 1. The molecule has 11 nitrogen and oxygen atoms in total. The van der Waals surface area contributed by atoms with E-state index >= 15 is 0 Å². The highest BCUT2D eigenvalue weighted by Crippen LogP contribution is 2.37. The number of rotatable bonds is 11. The van der Waals surface area contributed by atoms with Crippen LogP contribution in [0.15, 0.2) is 84.6 Å². The third kappa shape index (κ3) is 7.40. The van der Waals surface area contributed by atoms with Crippen LogP contribution < -0.4 is 29.1 Å². The van der Waals surface area contributed by atoms with Gasteiger partial charge in [-0.3, -0.25) is 19.5 Å². The maximum Gasteiger partial charge on any atom is 0.338 e. The number of non-ortho nitro benzene ring substituents is 1. The molecule has 0 saturated heterocycles. The number of halogens is 2. The minimum atomic E-state index is -0.850. The van der Waals surface area contributed by atoms with Crippen LogP contribution in [0.1, 0.15) is 50.4 Å². The van der Waals surface area contributed by atoms with Gasteiger partial charge in [-0.15, -0.1) is 0 Å². The van der Waals surface area contributed by atoms with Crippen molar-refractivity contribution in [3.05, 3.63) is 121 Å². The number of hydrogen-bond acceptors (Lipinski definition) is 10. The van der Waals surface area contributed by atoms with E-state index in [4.69, 9.17) is 18.9 Å². The average molecular weight is 802 g/mol. The number of allylic oxidation sites excluding steroid dienone is 1. The van der Waals surface area contributed by atoms with Crippen LogP contribution in [-0.2, 0) is 16.1 Å². The molecule has 14 heteroatoms. The van der Waals surface area contributed by atoms with Gasteiger partial charge in [-0.1, -0.05) is 33.3 Å². The summed E-state index contributed by atoms with van der Waals surface area (Å²) in [5, 5.41) is 11.1. The standard InChI is InChI=1S/C34H31Br2N3O8S/c1-6-45-33(41)29-19(4)37-34-38(30(29)21-9-12-26(47-18(2)3)27(14-21)44-5)32(40)28(48-34)15-22-13-23(35)16-25(36)31(22)46-17-20-7-10-24(11-8-20)39(42)43/h7-16,18,30H,6,17H2,1-5H3/b28-15+/t30-/m1/s1. The van der Waals surface area contributed by atoms with Crippen molar-refractivity contribution in [1.29, 1.82) is 0 Å². The number of benzene rings is 3. The van der Waals surface area contributed by atoms with Crippen LogP contribution in [-0.4, -0.2) is 35.3 Å². The quantitative estimate of drug-likeness (QED) is 0.0942. The Morgan fingerprint density at radius 2 is 1.85 bits per heavy atom. The highest BCUT2D eigenvalue weighted by Gasteiger charge is 2.34. The van der Waals surface area contributed by atoms with Crippen LogP contribution in [0.3, 0.4) is 0 Å². The summed E-state index contributed by atoms with van der Waals surface area (Å²) >= 11 is 8.28. The van der Waals surface area contributed by atoms with Crippen LogP contribution in [0.4, 0.5) is 5.69 Å². The maximum atomic E-state index is 14.3. The first-order valence-electron chi connectivity index (χ1n) is 14.8. The van der Waals surface area contributed by atoms with Crippen molar-refractivity contribution in [3.63, 3.8) is 0 Å². The molecule has 0 bridgehead atoms. The van der Waals surface area contributed by atoms with Gasteiger partial charge in [0.05, 0.1) is 51.1 Å². The van der Waals surface area contributed by atoms with Crippen LogP contribution in [0.5, 0.6) is 17.2 Å². The molecule has 1 aliphatic rings. The molecule has 0 radical (unpaired) electrons. The summed E-state index contributed by atoms with van der Waals surface area (Å²) in [4.78, 5) is 43.3. The van der Waals surface area contributed by atoms with Gasteiger partial charge in [0.15, 0.2) is 16.3 Å². The van der Waals surface area contributed by atoms with Gasteiger partial charge in [0, 0.05) is 22.2 Å². The summed E-state index contributed by atoms with van der Waals surface area (Å²) in [6.45, 7) is 7.53. The van der Waals surface area contributed by atoms with Crippen molar-refractivity contribution in [2.45, 2.75) is 46.4 Å². The minimum absolute atomic E-state index is 0.0161. The summed E-state index contributed by atoms with van der Waals surface area (Å²) in [7, 11) is 1.53. The molecule has 0 amide bonds. The third-order valence-electron chi connectivity index (χ3n) is 7.24. The Balaban J connectivity index is 1.63. The second kappa shape index (κ2) is 14.9. The lowest BCUT2D eigenvalue weighted by Gasteiger charge is -2.25. The number of carbonyl (C=O) groups excluding carboxylic acids is 1. The molecule has 5 rings (SSSR count). The van der Waals surface area contributed by atoms with Crippen LogP contribution in [0.25, 0.3) is 6.08 Å². The number of ether oxygens (including phenoxy) is 4. The largest absolute Gasteiger partial charge is 0.493 e. The Hall–Kier alpha value is -4.27. The van der Waals surface area contributed by atoms with Crippen molar-refractivity contribution in [3.8, 4) is 17.2 Å². The zero-order valence-electron chi connectivity index (χ0n) is 26.6. The Morgan fingerprint density at radius 1 is 1.12 bits per heavy atom. The lowest BCUT2D eigenvalue weighted by molar-refractivity contribution is -0.384. The SMILES string of the molecule is CCOC(=O)C1=C(C)N=c2s/c(=C/c3cc(Br)cc(Br)c3OCc3ccc([N+](=O)[O-])cc3)c(=O)n2[C@@H]1c1ccc(OC(C)C)c(OC)c1. The van der Waals surface area contributed by atoms with Crippen molar-refractivity contribution in [1.82, 2.24) is 4.57 Å². The van der Waals surface area contributed by atoms with E-state index in [1.165, 1.54) is 35.1 Å². The molecule has 250 valence electrons. The topological polar surface area (TPSA) is 131 Å². The first-order chi connectivity index (χ1) is 22.9. The summed E-state index contributed by atoms with van der Waals surface area (Å²) in [6, 6.07) is 14.2. The molecule has 1 aliphatic heterocycles. The first-order valence-corrected chi connectivity index (χ1v) is 17.2. The first kappa shape index (κ1) is 35.0. The molecule has 1 aromatic heterocycles. The number of carbonyl (C=O) groups is 1. The average Bonchev–Trinajstić information content (AvgIpc) is 3.33. The minimum Gasteiger partial charge on any atom is -0.493 e. The van der Waals surface area contributed by atoms with Gasteiger partial charge < -0.3 is 18.9 Å². The van der Waals surface area contributed by atoms with E-state index in [1.54, 1.807) is 50.3 Å². The molecule has 2 heterocycles. The van der Waals surface area contributed by atoms with Crippen LogP contribution in [0.2, 0.25) is 0 Å². The van der Waals surface area contributed by atoms with E-state index in [2.05, 4.69) is 36.9 Å². The fraction of sp³-hybridized carbons (Fsp3) is 0.265. The third-order valence-corrected chi connectivity index (χ3v) is 9.27. The second-order valence-electron chi connectivity index (χ2n) is 10.9. The molecule has 4 aromatic rings. The van der Waals surface area contributed by atoms with Crippen molar-refractivity contribution in [2.24, 2.45) is 4.99 Å². The molecule has 0 saturated carbocycles. The number of nitrogens with zero attached hydrogens (tertiary/aromatic N) is 3. The van der Waals surface area contributed by atoms with E-state index in [-0.39, 0.29) is 36.1 Å². The number of esters is 1. The number of nitro benzene ring substituents is 1. The van der Waals surface area contributed by atoms with E-state index in [0.717, 1.165) is 10.0 Å². The lowest BCUT2D eigenvalue weighted by Crippen LogP contribution is -2.40. The zero-order chi connectivity index (χ0) is 34.7. The predicted octanol–water partition coefficient (Wildman–Crippen LogP) is 6.61. The van der Waals surface area contributed by atoms with Crippen LogP contribution in [0, 0.1) is 10.1 Å². The van der Waals surface area contributed by atoms with Gasteiger partial charge >= 0.3 is 5.97 Å². The van der Waals surface area contributed by atoms with Crippen molar-refractivity contribution in [2.75, 3.05) is 13.7 Å². The highest BCUT2D eigenvalue weighted by molar-refractivity contribution is 9.11. The molecule has 0 unspecified atom stereocenters. The second-order valence-corrected chi connectivity index (χ2v) is 13.7.